The summed E-state index contributed by atoms with van der Waals surface area (Å²) in [4.78, 5) is 79.2. The molecule has 6 atom stereocenters. The van der Waals surface area contributed by atoms with Gasteiger partial charge in [0.1, 0.15) is 22.8 Å². The van der Waals surface area contributed by atoms with E-state index >= 15 is 0 Å². The third kappa shape index (κ3) is 20.5. The summed E-state index contributed by atoms with van der Waals surface area (Å²) in [6.45, 7) is 26.8. The second kappa shape index (κ2) is 28.7. The van der Waals surface area contributed by atoms with Crippen LogP contribution in [0.4, 0.5) is 35.9 Å². The average molecular weight is 1080 g/mol. The van der Waals surface area contributed by atoms with Crippen LogP contribution in [0.3, 0.4) is 0 Å². The van der Waals surface area contributed by atoms with Crippen LogP contribution in [0.5, 0.6) is 0 Å². The number of hydrogen-bond donors (Lipinski definition) is 3. The predicted molar refractivity (Wildman–Crippen MR) is 268 cm³/mol. The normalized spacial score (nSPS) is 19.6. The van der Waals surface area contributed by atoms with Crippen molar-refractivity contribution in [2.24, 2.45) is 11.8 Å². The monoisotopic (exact) mass is 1080 g/mol. The molecule has 0 bridgehead atoms. The molecule has 4 saturated heterocycles. The molecule has 4 fully saturated rings. The number of likely N-dealkylation sites (tertiary alicyclic amines) is 3. The van der Waals surface area contributed by atoms with Crippen molar-refractivity contribution in [3.05, 3.63) is 70.3 Å². The number of benzene rings is 2. The highest BCUT2D eigenvalue weighted by molar-refractivity contribution is 6.62. The number of carbonyl (C=O) groups is 6. The molecular weight excluding hydrogens is 1000 g/mol. The van der Waals surface area contributed by atoms with E-state index in [9.17, 15) is 55.1 Å². The average Bonchev–Trinajstić information content (AvgIpc) is 4.08. The van der Waals surface area contributed by atoms with Crippen LogP contribution < -0.4 is 16.0 Å². The smallest absolute Gasteiger partial charge is 0.407 e. The molecule has 4 aliphatic heterocycles. The summed E-state index contributed by atoms with van der Waals surface area (Å²) in [7, 11) is 0. The molecule has 2 aromatic rings. The highest BCUT2D eigenvalue weighted by Crippen LogP contribution is 2.33. The minimum Gasteiger partial charge on any atom is -0.444 e. The van der Waals surface area contributed by atoms with Crippen molar-refractivity contribution in [2.75, 3.05) is 58.9 Å². The Morgan fingerprint density at radius 1 is 0.635 bits per heavy atom. The molecule has 0 saturated carbocycles. The lowest BCUT2D eigenvalue weighted by Crippen LogP contribution is -2.46. The van der Waals surface area contributed by atoms with Gasteiger partial charge in [-0.05, 0) is 128 Å². The van der Waals surface area contributed by atoms with Gasteiger partial charge in [0.2, 0.25) is 23.0 Å². The van der Waals surface area contributed by atoms with Gasteiger partial charge >= 0.3 is 12.2 Å². The van der Waals surface area contributed by atoms with Crippen molar-refractivity contribution in [3.63, 3.8) is 0 Å². The zero-order chi connectivity index (χ0) is 55.8. The number of carbonyl (C=O) groups excluding carboxylic acids is 6. The van der Waals surface area contributed by atoms with Crippen molar-refractivity contribution >= 4 is 46.8 Å². The maximum absolute atomic E-state index is 14.2. The Labute approximate surface area is 436 Å². The number of rotatable bonds is 13. The van der Waals surface area contributed by atoms with Crippen LogP contribution >= 0.6 is 11.6 Å². The van der Waals surface area contributed by atoms with Crippen molar-refractivity contribution < 1.29 is 64.6 Å². The molecule has 6 rings (SSSR count). The van der Waals surface area contributed by atoms with Crippen LogP contribution in [0, 0.1) is 46.7 Å². The predicted octanol–water partition coefficient (Wildman–Crippen LogP) is 7.88. The summed E-state index contributed by atoms with van der Waals surface area (Å²) in [6.07, 6.45) is -0.560. The van der Waals surface area contributed by atoms with Gasteiger partial charge in [0.15, 0.2) is 23.3 Å². The molecular formula is C52H76ClF6N7O8. The number of hydrogen-bond acceptors (Lipinski definition) is 10. The summed E-state index contributed by atoms with van der Waals surface area (Å²) < 4.78 is 92.8. The first-order chi connectivity index (χ1) is 34.4. The minimum absolute atomic E-state index is 0.0462. The van der Waals surface area contributed by atoms with Gasteiger partial charge in [-0.15, -0.1) is 0 Å². The molecule has 74 heavy (non-hydrogen) atoms. The SMILES string of the molecule is CC(=O)Cl.CC(=O)N1C[C@@H]2CCN(C(=O)C[C@@H](Cc3cc(F)c(F)cc3F)NC(=O)OC(C)(C)C)[C@@H]2C1.CC(C)(C)OC(=O)N[C@@H](CC(=O)N1CC[C@H]2CNC[C@H]21)Cc1cc(F)c(F)cc1F.CCN(CC)CC. The Morgan fingerprint density at radius 2 is 1.03 bits per heavy atom. The van der Waals surface area contributed by atoms with Crippen molar-refractivity contribution in [1.82, 2.24) is 35.6 Å². The Bertz CT molecular complexity index is 2240. The van der Waals surface area contributed by atoms with Crippen LogP contribution in [0.25, 0.3) is 0 Å². The minimum atomic E-state index is -1.32. The van der Waals surface area contributed by atoms with Crippen molar-refractivity contribution in [1.29, 1.82) is 0 Å². The lowest BCUT2D eigenvalue weighted by atomic mass is 10.0. The van der Waals surface area contributed by atoms with E-state index in [-0.39, 0.29) is 77.8 Å². The molecule has 2 aromatic carbocycles. The maximum atomic E-state index is 14.2. The molecule has 416 valence electrons. The summed E-state index contributed by atoms with van der Waals surface area (Å²) >= 11 is 4.64. The fourth-order valence-electron chi connectivity index (χ4n) is 9.28. The van der Waals surface area contributed by atoms with Crippen LogP contribution in [0.2, 0.25) is 0 Å². The fourth-order valence-corrected chi connectivity index (χ4v) is 9.28. The topological polar surface area (TPSA) is 170 Å². The van der Waals surface area contributed by atoms with E-state index in [4.69, 9.17) is 9.47 Å². The number of ether oxygens (including phenoxy) is 2. The zero-order valence-corrected chi connectivity index (χ0v) is 45.3. The largest absolute Gasteiger partial charge is 0.444 e. The molecule has 5 amide bonds. The van der Waals surface area contributed by atoms with Gasteiger partial charge in [0.05, 0.1) is 6.04 Å². The maximum Gasteiger partial charge on any atom is 0.407 e. The van der Waals surface area contributed by atoms with Crippen LogP contribution in [0.1, 0.15) is 113 Å². The highest BCUT2D eigenvalue weighted by Gasteiger charge is 2.45. The molecule has 0 aromatic heterocycles. The molecule has 3 N–H and O–H groups in total. The van der Waals surface area contributed by atoms with E-state index in [2.05, 4.69) is 53.2 Å². The molecule has 15 nitrogen and oxygen atoms in total. The number of nitrogens with one attached hydrogen (secondary N) is 3. The first-order valence-electron chi connectivity index (χ1n) is 25.1. The van der Waals surface area contributed by atoms with Crippen molar-refractivity contribution in [3.8, 4) is 0 Å². The summed E-state index contributed by atoms with van der Waals surface area (Å²) in [5.41, 5.74) is -1.84. The van der Waals surface area contributed by atoms with Gasteiger partial charge in [0, 0.05) is 102 Å². The number of amides is 5. The van der Waals surface area contributed by atoms with Gasteiger partial charge in [-0.2, -0.15) is 0 Å². The quantitative estimate of drug-likeness (QED) is 0.102. The van der Waals surface area contributed by atoms with Gasteiger partial charge in [0.25, 0.3) is 0 Å². The van der Waals surface area contributed by atoms with E-state index in [0.717, 1.165) is 38.1 Å². The van der Waals surface area contributed by atoms with Crippen LogP contribution in [-0.2, 0) is 41.5 Å². The molecule has 0 radical (unpaired) electrons. The van der Waals surface area contributed by atoms with E-state index in [0.29, 0.717) is 44.2 Å². The second-order valence-electron chi connectivity index (χ2n) is 20.8. The third-order valence-electron chi connectivity index (χ3n) is 12.8. The first kappa shape index (κ1) is 63.1. The highest BCUT2D eigenvalue weighted by atomic mass is 35.5. The lowest BCUT2D eigenvalue weighted by molar-refractivity contribution is -0.134. The first-order valence-corrected chi connectivity index (χ1v) is 25.5. The van der Waals surface area contributed by atoms with E-state index in [1.54, 1.807) is 56.2 Å². The van der Waals surface area contributed by atoms with Crippen LogP contribution in [0.15, 0.2) is 24.3 Å². The van der Waals surface area contributed by atoms with Gasteiger partial charge < -0.3 is 45.0 Å². The molecule has 0 unspecified atom stereocenters. The molecule has 4 aliphatic rings. The number of nitrogens with zero attached hydrogens (tertiary/aromatic N) is 4. The summed E-state index contributed by atoms with van der Waals surface area (Å²) in [5.74, 6) is -6.79. The molecule has 4 heterocycles. The zero-order valence-electron chi connectivity index (χ0n) is 44.6. The number of alkyl carbamates (subject to hydrolysis) is 2. The van der Waals surface area contributed by atoms with Crippen molar-refractivity contribution in [2.45, 2.75) is 150 Å². The van der Waals surface area contributed by atoms with Gasteiger partial charge in [-0.1, -0.05) is 20.8 Å². The van der Waals surface area contributed by atoms with E-state index < -0.39 is 70.4 Å². The van der Waals surface area contributed by atoms with Gasteiger partial charge in [-0.25, -0.2) is 35.9 Å². The van der Waals surface area contributed by atoms with Gasteiger partial charge in [-0.3, -0.25) is 19.2 Å². The Morgan fingerprint density at radius 3 is 1.41 bits per heavy atom. The lowest BCUT2D eigenvalue weighted by Gasteiger charge is -2.28. The Balaban J connectivity index is 0.000000326. The third-order valence-corrected chi connectivity index (χ3v) is 12.8. The standard InChI is InChI=1S/C23H30F3N3O4.C21H28F3N3O3.C6H15N.C2H3ClO/c1-13(30)28-11-14-5-6-29(20(14)12-28)21(31)9-16(27-22(32)33-23(2,3)4)7-15-8-18(25)19(26)10-17(15)24;1-21(2,3)30-20(29)26-14(6-13-7-16(23)17(24)9-15(13)22)8-19(28)27-5-4-12-10-25-11-18(12)27;1-4-7(5-2)6-3;1-2(3)4/h8,10,14,16,20H,5-7,9,11-12H2,1-4H3,(H,27,32);7,9,12,14,18,25H,4-6,8,10-11H2,1-3H3,(H,26,29);4-6H2,1-3H3;1H3/t14-,16+,20+;12-,14+,18+;;/m00../s1. The van der Waals surface area contributed by atoms with E-state index in [1.807, 2.05) is 0 Å². The second-order valence-corrected chi connectivity index (χ2v) is 21.3. The Hall–Kier alpha value is -5.15. The number of halogens is 7. The number of fused-ring (bicyclic) bond motifs is 2. The van der Waals surface area contributed by atoms with E-state index in [1.165, 1.54) is 33.5 Å². The molecule has 0 aliphatic carbocycles. The van der Waals surface area contributed by atoms with Crippen LogP contribution in [-0.4, -0.2) is 149 Å². The fraction of sp³-hybridized carbons (Fsp3) is 0.654. The molecule has 0 spiro atoms. The summed E-state index contributed by atoms with van der Waals surface area (Å²) in [6, 6.07) is 0.654. The molecule has 22 heteroatoms. The Kier molecular flexibility index (Phi) is 24.5. The summed E-state index contributed by atoms with van der Waals surface area (Å²) in [5, 5.41) is 8.07.